The molecule has 0 radical (unpaired) electrons. The Kier molecular flexibility index (Phi) is 7.37. The van der Waals surface area contributed by atoms with Crippen LogP contribution < -0.4 is 9.64 Å². The van der Waals surface area contributed by atoms with E-state index >= 15 is 0 Å². The number of carbonyl (C=O) groups is 2. The fourth-order valence-corrected chi connectivity index (χ4v) is 5.55. The second kappa shape index (κ2) is 10.4. The first kappa shape index (κ1) is 23.4. The molecule has 0 bridgehead atoms. The van der Waals surface area contributed by atoms with Crippen LogP contribution >= 0.6 is 23.1 Å². The molecule has 0 saturated carbocycles. The average Bonchev–Trinajstić information content (AvgIpc) is 3.34. The zero-order chi connectivity index (χ0) is 23.4. The highest BCUT2D eigenvalue weighted by atomic mass is 32.2. The Morgan fingerprint density at radius 3 is 2.48 bits per heavy atom. The first-order valence-corrected chi connectivity index (χ1v) is 12.3. The number of carbonyl (C=O) groups excluding carboxylic acids is 2. The summed E-state index contributed by atoms with van der Waals surface area (Å²) in [6, 6.07) is 18.9. The molecule has 0 N–H and O–H groups in total. The van der Waals surface area contributed by atoms with Crippen LogP contribution in [0.3, 0.4) is 0 Å². The van der Waals surface area contributed by atoms with E-state index in [1.165, 1.54) is 11.3 Å². The van der Waals surface area contributed by atoms with Crippen molar-refractivity contribution in [3.8, 4) is 5.75 Å². The summed E-state index contributed by atoms with van der Waals surface area (Å²) in [6.45, 7) is 1.18. The van der Waals surface area contributed by atoms with Crippen LogP contribution in [0.15, 0.2) is 70.9 Å². The summed E-state index contributed by atoms with van der Waals surface area (Å²) in [7, 11) is 5.55. The third-order valence-corrected chi connectivity index (χ3v) is 7.59. The average molecular weight is 483 g/mol. The van der Waals surface area contributed by atoms with E-state index in [0.717, 1.165) is 21.9 Å². The number of thiophene rings is 1. The van der Waals surface area contributed by atoms with Gasteiger partial charge in [0.05, 0.1) is 18.0 Å². The predicted octanol–water partition coefficient (Wildman–Crippen LogP) is 4.72. The number of rotatable bonds is 7. The second-order valence-electron chi connectivity index (χ2n) is 7.88. The molecule has 4 rings (SSSR count). The highest BCUT2D eigenvalue weighted by Gasteiger charge is 2.41. The molecule has 2 atom stereocenters. The van der Waals surface area contributed by atoms with Crippen molar-refractivity contribution in [2.45, 2.75) is 16.2 Å². The molecule has 0 spiro atoms. The van der Waals surface area contributed by atoms with E-state index < -0.39 is 17.3 Å². The van der Waals surface area contributed by atoms with Crippen LogP contribution in [-0.2, 0) is 9.53 Å². The molecule has 1 aliphatic heterocycles. The largest absolute Gasteiger partial charge is 0.497 e. The lowest BCUT2D eigenvalue weighted by Crippen LogP contribution is -2.45. The van der Waals surface area contributed by atoms with Crippen molar-refractivity contribution in [2.75, 3.05) is 39.2 Å². The van der Waals surface area contributed by atoms with Crippen molar-refractivity contribution >= 4 is 40.7 Å². The Morgan fingerprint density at radius 1 is 1.06 bits per heavy atom. The molecule has 0 saturated heterocycles. The van der Waals surface area contributed by atoms with Crippen LogP contribution in [0.5, 0.6) is 5.75 Å². The van der Waals surface area contributed by atoms with Crippen LogP contribution in [0, 0.1) is 0 Å². The first-order valence-electron chi connectivity index (χ1n) is 10.6. The first-order chi connectivity index (χ1) is 16.0. The summed E-state index contributed by atoms with van der Waals surface area (Å²) in [4.78, 5) is 32.1. The van der Waals surface area contributed by atoms with Crippen LogP contribution in [0.25, 0.3) is 0 Å². The van der Waals surface area contributed by atoms with Gasteiger partial charge >= 0.3 is 5.97 Å². The standard InChI is InChI=1S/C25H26N2O4S2/c1-26(2)14-15-27-19-7-4-5-8-20(19)33-23(17-10-12-18(30-3)13-11-17)22(24(27)28)31-25(29)21-9-6-16-32-21/h4-13,16,22-23H,14-15H2,1-3H3/t22-,23+/m0/s1. The molecular formula is C25H26N2O4S2. The Morgan fingerprint density at radius 2 is 1.82 bits per heavy atom. The molecule has 0 aliphatic carbocycles. The molecule has 3 aromatic rings. The van der Waals surface area contributed by atoms with Crippen molar-refractivity contribution in [1.29, 1.82) is 0 Å². The zero-order valence-corrected chi connectivity index (χ0v) is 20.4. The van der Waals surface area contributed by atoms with Crippen LogP contribution in [0.1, 0.15) is 20.5 Å². The maximum absolute atomic E-state index is 13.9. The molecule has 2 heterocycles. The number of fused-ring (bicyclic) bond motifs is 1. The quantitative estimate of drug-likeness (QED) is 0.454. The lowest BCUT2D eigenvalue weighted by Gasteiger charge is -2.28. The monoisotopic (exact) mass is 482 g/mol. The molecule has 0 unspecified atom stereocenters. The Hall–Kier alpha value is -2.81. The number of esters is 1. The second-order valence-corrected chi connectivity index (χ2v) is 10.0. The van der Waals surface area contributed by atoms with E-state index in [2.05, 4.69) is 0 Å². The van der Waals surface area contributed by atoms with Gasteiger partial charge < -0.3 is 19.3 Å². The Balaban J connectivity index is 1.76. The van der Waals surface area contributed by atoms with Crippen molar-refractivity contribution in [1.82, 2.24) is 4.90 Å². The van der Waals surface area contributed by atoms with Gasteiger partial charge in [-0.2, -0.15) is 0 Å². The van der Waals surface area contributed by atoms with Crippen LogP contribution in [0.2, 0.25) is 0 Å². The van der Waals surface area contributed by atoms with Gasteiger partial charge in [0.15, 0.2) is 6.10 Å². The molecule has 172 valence electrons. The predicted molar refractivity (Wildman–Crippen MR) is 132 cm³/mol. The van der Waals surface area contributed by atoms with Crippen LogP contribution in [-0.4, -0.2) is 57.2 Å². The van der Waals surface area contributed by atoms with Gasteiger partial charge in [-0.1, -0.05) is 30.3 Å². The summed E-state index contributed by atoms with van der Waals surface area (Å²) < 4.78 is 11.2. The SMILES string of the molecule is COc1ccc([C@H]2Sc3ccccc3N(CCN(C)C)C(=O)[C@H]2OC(=O)c2cccs2)cc1. The summed E-state index contributed by atoms with van der Waals surface area (Å²) >= 11 is 2.84. The number of para-hydroxylation sites is 1. The van der Waals surface area contributed by atoms with E-state index in [0.29, 0.717) is 18.0 Å². The van der Waals surface area contributed by atoms with Gasteiger partial charge in [-0.3, -0.25) is 4.79 Å². The topological polar surface area (TPSA) is 59.1 Å². The number of benzene rings is 2. The maximum atomic E-state index is 13.9. The van der Waals surface area contributed by atoms with Crippen molar-refractivity contribution in [3.05, 3.63) is 76.5 Å². The molecule has 1 aromatic heterocycles. The summed E-state index contributed by atoms with van der Waals surface area (Å²) in [6.07, 6.45) is -0.979. The number of methoxy groups -OCH3 is 1. The van der Waals surface area contributed by atoms with Gasteiger partial charge in [-0.15, -0.1) is 23.1 Å². The van der Waals surface area contributed by atoms with Gasteiger partial charge in [-0.25, -0.2) is 4.79 Å². The highest BCUT2D eigenvalue weighted by Crippen LogP contribution is 2.47. The Bertz CT molecular complexity index is 1100. The van der Waals surface area contributed by atoms with Gasteiger partial charge in [0.1, 0.15) is 10.6 Å². The fourth-order valence-electron chi connectivity index (χ4n) is 3.63. The maximum Gasteiger partial charge on any atom is 0.349 e. The molecule has 1 amide bonds. The van der Waals surface area contributed by atoms with Gasteiger partial charge in [-0.05, 0) is 55.4 Å². The number of anilines is 1. The number of amides is 1. The van der Waals surface area contributed by atoms with E-state index in [4.69, 9.17) is 9.47 Å². The van der Waals surface area contributed by atoms with Gasteiger partial charge in [0.2, 0.25) is 0 Å². The zero-order valence-electron chi connectivity index (χ0n) is 18.8. The van der Waals surface area contributed by atoms with E-state index in [-0.39, 0.29) is 5.91 Å². The fraction of sp³-hybridized carbons (Fsp3) is 0.280. The molecule has 1 aliphatic rings. The van der Waals surface area contributed by atoms with Gasteiger partial charge in [0, 0.05) is 18.0 Å². The number of nitrogens with zero attached hydrogens (tertiary/aromatic N) is 2. The van der Waals surface area contributed by atoms with Crippen LogP contribution in [0.4, 0.5) is 5.69 Å². The number of hydrogen-bond acceptors (Lipinski definition) is 7. The number of hydrogen-bond donors (Lipinski definition) is 0. The minimum Gasteiger partial charge on any atom is -0.497 e. The van der Waals surface area contributed by atoms with E-state index in [9.17, 15) is 9.59 Å². The summed E-state index contributed by atoms with van der Waals surface area (Å²) in [5.41, 5.74) is 1.73. The minimum absolute atomic E-state index is 0.222. The number of ether oxygens (including phenoxy) is 2. The molecular weight excluding hydrogens is 456 g/mol. The van der Waals surface area contributed by atoms with Crippen molar-refractivity contribution in [3.63, 3.8) is 0 Å². The minimum atomic E-state index is -0.979. The number of thioether (sulfide) groups is 1. The summed E-state index contributed by atoms with van der Waals surface area (Å²) in [5.74, 6) is 0.0184. The highest BCUT2D eigenvalue weighted by molar-refractivity contribution is 7.99. The van der Waals surface area contributed by atoms with Gasteiger partial charge in [0.25, 0.3) is 5.91 Å². The Labute approximate surface area is 202 Å². The third kappa shape index (κ3) is 5.24. The van der Waals surface area contributed by atoms with E-state index in [1.807, 2.05) is 72.9 Å². The molecule has 33 heavy (non-hydrogen) atoms. The third-order valence-electron chi connectivity index (χ3n) is 5.37. The normalized spacial score (nSPS) is 18.1. The lowest BCUT2D eigenvalue weighted by atomic mass is 10.1. The molecule has 8 heteroatoms. The van der Waals surface area contributed by atoms with Crippen molar-refractivity contribution in [2.24, 2.45) is 0 Å². The van der Waals surface area contributed by atoms with Crippen molar-refractivity contribution < 1.29 is 19.1 Å². The lowest BCUT2D eigenvalue weighted by molar-refractivity contribution is -0.127. The smallest absolute Gasteiger partial charge is 0.349 e. The van der Waals surface area contributed by atoms with E-state index in [1.54, 1.807) is 35.9 Å². The summed E-state index contributed by atoms with van der Waals surface area (Å²) in [5, 5.41) is 1.42. The molecule has 2 aromatic carbocycles. The number of likely N-dealkylation sites (N-methyl/N-ethyl adjacent to an activating group) is 1. The molecule has 6 nitrogen and oxygen atoms in total. The molecule has 0 fully saturated rings.